The first-order valence-electron chi connectivity index (χ1n) is 3.59. The molecule has 1 aromatic rings. The van der Waals surface area contributed by atoms with Gasteiger partial charge < -0.3 is 10.2 Å². The molecule has 0 saturated heterocycles. The molecule has 0 spiro atoms. The Labute approximate surface area is 74.3 Å². The first kappa shape index (κ1) is 9.40. The second-order valence-electron chi connectivity index (χ2n) is 2.44. The van der Waals surface area contributed by atoms with Crippen LogP contribution in [-0.4, -0.2) is 26.3 Å². The third-order valence-electron chi connectivity index (χ3n) is 1.30. The Kier molecular flexibility index (Phi) is 2.76. The van der Waals surface area contributed by atoms with Crippen molar-refractivity contribution in [3.05, 3.63) is 18.2 Å². The molecule has 13 heavy (non-hydrogen) atoms. The van der Waals surface area contributed by atoms with Gasteiger partial charge in [0.25, 0.3) is 0 Å². The summed E-state index contributed by atoms with van der Waals surface area (Å²) in [5, 5.41) is 19.4. The first-order chi connectivity index (χ1) is 6.09. The van der Waals surface area contributed by atoms with Crippen molar-refractivity contribution >= 4 is 11.8 Å². The Morgan fingerprint density at radius 3 is 2.46 bits per heavy atom. The highest BCUT2D eigenvalue weighted by molar-refractivity contribution is 5.82. The number of aromatic nitrogens is 2. The maximum Gasteiger partial charge on any atom is 0.409 e. The van der Waals surface area contributed by atoms with E-state index in [1.807, 2.05) is 0 Å². The average molecular weight is 183 g/mol. The Hall–Kier alpha value is -1.69. The summed E-state index contributed by atoms with van der Waals surface area (Å²) in [5.41, 5.74) is 0.275. The van der Waals surface area contributed by atoms with E-state index in [2.05, 4.69) is 15.3 Å². The van der Waals surface area contributed by atoms with Crippen LogP contribution in [0.1, 0.15) is 18.9 Å². The molecule has 0 bridgehead atoms. The number of aliphatic hydroxyl groups excluding tert-OH is 1. The van der Waals surface area contributed by atoms with Crippen molar-refractivity contribution in [3.63, 3.8) is 0 Å². The number of amides is 1. The van der Waals surface area contributed by atoms with Crippen molar-refractivity contribution in [1.82, 2.24) is 9.97 Å². The van der Waals surface area contributed by atoms with Gasteiger partial charge in [0, 0.05) is 0 Å². The summed E-state index contributed by atoms with van der Waals surface area (Å²) in [5.74, 6) is 0.260. The minimum atomic E-state index is -1.17. The lowest BCUT2D eigenvalue weighted by Crippen LogP contribution is -2.09. The van der Waals surface area contributed by atoms with Crippen molar-refractivity contribution in [2.45, 2.75) is 13.0 Å². The molecule has 0 aliphatic heterocycles. The van der Waals surface area contributed by atoms with Gasteiger partial charge in [0.2, 0.25) is 0 Å². The summed E-state index contributed by atoms with van der Waals surface area (Å²) < 4.78 is 0. The van der Waals surface area contributed by atoms with Crippen LogP contribution < -0.4 is 5.32 Å². The maximum atomic E-state index is 10.2. The highest BCUT2D eigenvalue weighted by atomic mass is 16.4. The van der Waals surface area contributed by atoms with Gasteiger partial charge in [0.15, 0.2) is 5.82 Å². The molecule has 0 fully saturated rings. The molecule has 1 heterocycles. The van der Waals surface area contributed by atoms with Gasteiger partial charge in [-0.1, -0.05) is 0 Å². The lowest BCUT2D eigenvalue weighted by Gasteiger charge is -2.03. The van der Waals surface area contributed by atoms with E-state index in [0.29, 0.717) is 0 Å². The van der Waals surface area contributed by atoms with Gasteiger partial charge in [-0.25, -0.2) is 14.8 Å². The maximum absolute atomic E-state index is 10.2. The van der Waals surface area contributed by atoms with Crippen LogP contribution in [0.15, 0.2) is 12.4 Å². The fraction of sp³-hybridized carbons (Fsp3) is 0.286. The van der Waals surface area contributed by atoms with Gasteiger partial charge in [0.05, 0.1) is 18.1 Å². The molecule has 1 amide bonds. The van der Waals surface area contributed by atoms with Gasteiger partial charge in [0.1, 0.15) is 6.10 Å². The normalized spacial score (nSPS) is 12.2. The molecule has 70 valence electrons. The van der Waals surface area contributed by atoms with Crippen LogP contribution in [0.25, 0.3) is 0 Å². The van der Waals surface area contributed by atoms with Crippen LogP contribution in [0.3, 0.4) is 0 Å². The molecule has 1 atom stereocenters. The van der Waals surface area contributed by atoms with E-state index < -0.39 is 12.2 Å². The van der Waals surface area contributed by atoms with E-state index in [0.717, 1.165) is 0 Å². The second-order valence-corrected chi connectivity index (χ2v) is 2.44. The van der Waals surface area contributed by atoms with Gasteiger partial charge in [-0.15, -0.1) is 0 Å². The van der Waals surface area contributed by atoms with Crippen molar-refractivity contribution in [2.75, 3.05) is 5.32 Å². The van der Waals surface area contributed by atoms with Crippen molar-refractivity contribution in [2.24, 2.45) is 0 Å². The summed E-state index contributed by atoms with van der Waals surface area (Å²) in [7, 11) is 0. The molecule has 0 aromatic carbocycles. The zero-order valence-electron chi connectivity index (χ0n) is 6.93. The molecule has 6 heteroatoms. The number of hydrogen-bond donors (Lipinski definition) is 3. The summed E-state index contributed by atoms with van der Waals surface area (Å²) in [4.78, 5) is 17.7. The van der Waals surface area contributed by atoms with Crippen molar-refractivity contribution in [1.29, 1.82) is 0 Å². The second kappa shape index (κ2) is 3.81. The molecule has 6 nitrogen and oxygen atoms in total. The van der Waals surface area contributed by atoms with Crippen LogP contribution in [-0.2, 0) is 0 Å². The number of nitrogens with one attached hydrogen (secondary N) is 1. The number of aliphatic hydroxyl groups is 1. The molecule has 0 saturated carbocycles. The third kappa shape index (κ3) is 2.68. The number of anilines is 1. The van der Waals surface area contributed by atoms with E-state index in [1.165, 1.54) is 19.3 Å². The fourth-order valence-electron chi connectivity index (χ4n) is 0.742. The van der Waals surface area contributed by atoms with Crippen molar-refractivity contribution < 1.29 is 15.0 Å². The fourth-order valence-corrected chi connectivity index (χ4v) is 0.742. The minimum Gasteiger partial charge on any atom is -0.465 e. The highest BCUT2D eigenvalue weighted by Crippen LogP contribution is 2.07. The van der Waals surface area contributed by atoms with Crippen LogP contribution in [0.2, 0.25) is 0 Å². The lowest BCUT2D eigenvalue weighted by atomic mass is 10.4. The zero-order chi connectivity index (χ0) is 9.84. The molecule has 1 aromatic heterocycles. The molecule has 0 aliphatic rings. The monoisotopic (exact) mass is 183 g/mol. The zero-order valence-corrected chi connectivity index (χ0v) is 6.93. The predicted molar refractivity (Wildman–Crippen MR) is 44.3 cm³/mol. The molecule has 0 radical (unpaired) electrons. The van der Waals surface area contributed by atoms with Crippen LogP contribution in [0, 0.1) is 0 Å². The number of carbonyl (C=O) groups is 1. The Morgan fingerprint density at radius 1 is 1.54 bits per heavy atom. The van der Waals surface area contributed by atoms with E-state index in [4.69, 9.17) is 10.2 Å². The van der Waals surface area contributed by atoms with E-state index in [1.54, 1.807) is 0 Å². The standard InChI is InChI=1S/C7H9N3O3/c1-4(11)6-8-2-5(3-9-6)10-7(12)13/h2-4,10-11H,1H3,(H,12,13)/t4-/m1/s1. The average Bonchev–Trinajstić information content (AvgIpc) is 2.04. The quantitative estimate of drug-likeness (QED) is 0.624. The van der Waals surface area contributed by atoms with Crippen LogP contribution in [0.5, 0.6) is 0 Å². The van der Waals surface area contributed by atoms with E-state index >= 15 is 0 Å². The molecule has 0 aliphatic carbocycles. The predicted octanol–water partition coefficient (Wildman–Crippen LogP) is 0.620. The topological polar surface area (TPSA) is 95.3 Å². The summed E-state index contributed by atoms with van der Waals surface area (Å²) in [6.07, 6.45) is 0.666. The van der Waals surface area contributed by atoms with E-state index in [9.17, 15) is 4.79 Å². The molecular weight excluding hydrogens is 174 g/mol. The Bertz CT molecular complexity index is 296. The van der Waals surface area contributed by atoms with Gasteiger partial charge in [-0.2, -0.15) is 0 Å². The van der Waals surface area contributed by atoms with Gasteiger partial charge >= 0.3 is 6.09 Å². The molecule has 0 unspecified atom stereocenters. The van der Waals surface area contributed by atoms with E-state index in [-0.39, 0.29) is 11.5 Å². The minimum absolute atomic E-state index is 0.260. The third-order valence-corrected chi connectivity index (χ3v) is 1.30. The number of rotatable bonds is 2. The van der Waals surface area contributed by atoms with Gasteiger partial charge in [-0.05, 0) is 6.92 Å². The summed E-state index contributed by atoms with van der Waals surface area (Å²) in [6.45, 7) is 1.53. The number of hydrogen-bond acceptors (Lipinski definition) is 4. The first-order valence-corrected chi connectivity index (χ1v) is 3.59. The highest BCUT2D eigenvalue weighted by Gasteiger charge is 2.04. The number of carboxylic acid groups (broad SMARTS) is 1. The lowest BCUT2D eigenvalue weighted by molar-refractivity contribution is 0.189. The molecule has 1 rings (SSSR count). The van der Waals surface area contributed by atoms with Gasteiger partial charge in [-0.3, -0.25) is 5.32 Å². The van der Waals surface area contributed by atoms with Crippen LogP contribution >= 0.6 is 0 Å². The Balaban J connectivity index is 2.75. The SMILES string of the molecule is C[C@@H](O)c1ncc(NC(=O)O)cn1. The Morgan fingerprint density at radius 2 is 2.08 bits per heavy atom. The smallest absolute Gasteiger partial charge is 0.409 e. The van der Waals surface area contributed by atoms with Crippen molar-refractivity contribution in [3.8, 4) is 0 Å². The largest absolute Gasteiger partial charge is 0.465 e. The number of nitrogens with zero attached hydrogens (tertiary/aromatic N) is 2. The summed E-state index contributed by atoms with van der Waals surface area (Å²) >= 11 is 0. The summed E-state index contributed by atoms with van der Waals surface area (Å²) in [6, 6.07) is 0. The molecule has 3 N–H and O–H groups in total. The molecular formula is C7H9N3O3. The van der Waals surface area contributed by atoms with Crippen LogP contribution in [0.4, 0.5) is 10.5 Å².